The van der Waals surface area contributed by atoms with E-state index in [9.17, 15) is 8.42 Å². The Bertz CT molecular complexity index is 1080. The van der Waals surface area contributed by atoms with Crippen molar-refractivity contribution < 1.29 is 17.9 Å². The molecule has 0 amide bonds. The summed E-state index contributed by atoms with van der Waals surface area (Å²) in [6.07, 6.45) is 0.687. The molecule has 0 spiro atoms. The molecule has 0 aliphatic carbocycles. The van der Waals surface area contributed by atoms with Crippen molar-refractivity contribution >= 4 is 33.0 Å². The fraction of sp³-hybridized carbons (Fsp3) is 0.318. The highest BCUT2D eigenvalue weighted by atomic mass is 35.5. The first-order chi connectivity index (χ1) is 14.8. The molecule has 0 aliphatic rings. The smallest absolute Gasteiger partial charge is 0.243 e. The van der Waals surface area contributed by atoms with Gasteiger partial charge in [0.25, 0.3) is 0 Å². The Balaban J connectivity index is 1.74. The molecule has 1 atom stereocenters. The van der Waals surface area contributed by atoms with Crippen LogP contribution >= 0.6 is 22.9 Å². The van der Waals surface area contributed by atoms with Crippen molar-refractivity contribution in [1.82, 2.24) is 9.29 Å². The lowest BCUT2D eigenvalue weighted by Gasteiger charge is -2.27. The maximum Gasteiger partial charge on any atom is 0.243 e. The average molecular weight is 481 g/mol. The molecule has 0 saturated heterocycles. The molecule has 0 unspecified atom stereocenters. The molecular weight excluding hydrogens is 456 g/mol. The second-order valence-electron chi connectivity index (χ2n) is 6.96. The number of hydrogen-bond acceptors (Lipinski definition) is 6. The Morgan fingerprint density at radius 2 is 1.74 bits per heavy atom. The molecular formula is C22H25ClN2O4S2. The quantitative estimate of drug-likeness (QED) is 0.390. The van der Waals surface area contributed by atoms with Crippen LogP contribution in [0.2, 0.25) is 5.02 Å². The van der Waals surface area contributed by atoms with Crippen molar-refractivity contribution in [3.63, 3.8) is 0 Å². The molecule has 0 bridgehead atoms. The SMILES string of the molecule is CC[C@H](C)N(Cc1csc(COc2ccc(Cl)cc2)n1)S(=O)(=O)c1ccc(OC)cc1. The van der Waals surface area contributed by atoms with Crippen LogP contribution in [0.3, 0.4) is 0 Å². The highest BCUT2D eigenvalue weighted by Gasteiger charge is 2.29. The Morgan fingerprint density at radius 3 is 2.35 bits per heavy atom. The van der Waals surface area contributed by atoms with Crippen molar-refractivity contribution in [3.05, 3.63) is 69.6 Å². The van der Waals surface area contributed by atoms with Gasteiger partial charge in [0.1, 0.15) is 23.1 Å². The van der Waals surface area contributed by atoms with Gasteiger partial charge in [-0.05, 0) is 61.9 Å². The predicted octanol–water partition coefficient (Wildman–Crippen LogP) is 5.37. The van der Waals surface area contributed by atoms with Crippen molar-refractivity contribution in [2.75, 3.05) is 7.11 Å². The van der Waals surface area contributed by atoms with E-state index in [0.717, 1.165) is 5.01 Å². The predicted molar refractivity (Wildman–Crippen MR) is 123 cm³/mol. The van der Waals surface area contributed by atoms with E-state index < -0.39 is 10.0 Å². The van der Waals surface area contributed by atoms with Crippen LogP contribution < -0.4 is 9.47 Å². The van der Waals surface area contributed by atoms with Gasteiger partial charge in [0.2, 0.25) is 10.0 Å². The fourth-order valence-corrected chi connectivity index (χ4v) is 5.39. The highest BCUT2D eigenvalue weighted by Crippen LogP contribution is 2.25. The first-order valence-corrected chi connectivity index (χ1v) is 12.5. The first kappa shape index (κ1) is 23.5. The van der Waals surface area contributed by atoms with Gasteiger partial charge in [-0.25, -0.2) is 13.4 Å². The van der Waals surface area contributed by atoms with E-state index in [2.05, 4.69) is 4.98 Å². The molecule has 1 heterocycles. The maximum atomic E-state index is 13.3. The highest BCUT2D eigenvalue weighted by molar-refractivity contribution is 7.89. The molecule has 3 rings (SSSR count). The van der Waals surface area contributed by atoms with Gasteiger partial charge in [-0.15, -0.1) is 11.3 Å². The molecule has 0 fully saturated rings. The monoisotopic (exact) mass is 480 g/mol. The molecule has 31 heavy (non-hydrogen) atoms. The van der Waals surface area contributed by atoms with Crippen molar-refractivity contribution in [2.45, 2.75) is 44.4 Å². The van der Waals surface area contributed by atoms with Crippen molar-refractivity contribution in [1.29, 1.82) is 0 Å². The normalized spacial score (nSPS) is 12.7. The van der Waals surface area contributed by atoms with E-state index in [0.29, 0.717) is 35.2 Å². The summed E-state index contributed by atoms with van der Waals surface area (Å²) < 4.78 is 39.0. The van der Waals surface area contributed by atoms with Crippen molar-refractivity contribution in [2.24, 2.45) is 0 Å². The third kappa shape index (κ3) is 5.98. The van der Waals surface area contributed by atoms with Crippen LogP contribution in [0.5, 0.6) is 11.5 Å². The van der Waals surface area contributed by atoms with E-state index in [-0.39, 0.29) is 17.5 Å². The summed E-state index contributed by atoms with van der Waals surface area (Å²) in [7, 11) is -2.14. The van der Waals surface area contributed by atoms with Gasteiger partial charge in [-0.1, -0.05) is 18.5 Å². The van der Waals surface area contributed by atoms with Gasteiger partial charge < -0.3 is 9.47 Å². The first-order valence-electron chi connectivity index (χ1n) is 9.81. The van der Waals surface area contributed by atoms with Crippen LogP contribution in [0, 0.1) is 0 Å². The number of aromatic nitrogens is 1. The summed E-state index contributed by atoms with van der Waals surface area (Å²) >= 11 is 7.33. The number of hydrogen-bond donors (Lipinski definition) is 0. The topological polar surface area (TPSA) is 68.7 Å². The summed E-state index contributed by atoms with van der Waals surface area (Å²) in [5.74, 6) is 1.31. The molecule has 166 valence electrons. The summed E-state index contributed by atoms with van der Waals surface area (Å²) in [6.45, 7) is 4.37. The van der Waals surface area contributed by atoms with Gasteiger partial charge in [0.15, 0.2) is 0 Å². The van der Waals surface area contributed by atoms with Crippen LogP contribution in [0.15, 0.2) is 58.8 Å². The van der Waals surface area contributed by atoms with E-state index >= 15 is 0 Å². The van der Waals surface area contributed by atoms with Crippen molar-refractivity contribution in [3.8, 4) is 11.5 Å². The lowest BCUT2D eigenvalue weighted by Crippen LogP contribution is -2.37. The van der Waals surface area contributed by atoms with Gasteiger partial charge in [-0.3, -0.25) is 0 Å². The molecule has 0 saturated carbocycles. The zero-order valence-electron chi connectivity index (χ0n) is 17.6. The Labute approximate surface area is 192 Å². The molecule has 6 nitrogen and oxygen atoms in total. The third-order valence-corrected chi connectivity index (χ3v) is 7.94. The van der Waals surface area contributed by atoms with Crippen LogP contribution in [0.1, 0.15) is 31.0 Å². The van der Waals surface area contributed by atoms with Gasteiger partial charge in [0.05, 0.1) is 24.2 Å². The standard InChI is InChI=1S/C22H25ClN2O4S2/c1-4-16(2)25(31(26,27)21-11-9-19(28-3)10-12-21)13-18-15-30-22(24-18)14-29-20-7-5-17(23)6-8-20/h5-12,15-16H,4,13-14H2,1-3H3/t16-/m0/s1. The molecule has 0 radical (unpaired) electrons. The second kappa shape index (κ2) is 10.5. The summed E-state index contributed by atoms with van der Waals surface area (Å²) in [5.41, 5.74) is 0.692. The number of thiazole rings is 1. The Morgan fingerprint density at radius 1 is 1.10 bits per heavy atom. The minimum atomic E-state index is -3.69. The number of ether oxygens (including phenoxy) is 2. The zero-order chi connectivity index (χ0) is 22.4. The fourth-order valence-electron chi connectivity index (χ4n) is 2.89. The molecule has 0 N–H and O–H groups in total. The van der Waals surface area contributed by atoms with Crippen LogP contribution in [-0.2, 0) is 23.2 Å². The number of sulfonamides is 1. The maximum absolute atomic E-state index is 13.3. The van der Waals surface area contributed by atoms with E-state index in [4.69, 9.17) is 21.1 Å². The lowest BCUT2D eigenvalue weighted by molar-refractivity contribution is 0.302. The molecule has 9 heteroatoms. The number of halogens is 1. The van der Waals surface area contributed by atoms with Gasteiger partial charge in [0, 0.05) is 16.4 Å². The minimum absolute atomic E-state index is 0.178. The summed E-state index contributed by atoms with van der Waals surface area (Å²) in [4.78, 5) is 4.81. The summed E-state index contributed by atoms with van der Waals surface area (Å²) in [5, 5.41) is 3.29. The van der Waals surface area contributed by atoms with E-state index in [1.807, 2.05) is 19.2 Å². The number of benzene rings is 2. The summed E-state index contributed by atoms with van der Waals surface area (Å²) in [6, 6.07) is 13.4. The molecule has 3 aromatic rings. The average Bonchev–Trinajstić information content (AvgIpc) is 3.24. The Kier molecular flexibility index (Phi) is 7.94. The molecule has 0 aliphatic heterocycles. The van der Waals surface area contributed by atoms with Gasteiger partial charge >= 0.3 is 0 Å². The number of rotatable bonds is 10. The van der Waals surface area contributed by atoms with Crippen LogP contribution in [-0.4, -0.2) is 30.9 Å². The van der Waals surface area contributed by atoms with E-state index in [1.165, 1.54) is 15.6 Å². The molecule has 2 aromatic carbocycles. The second-order valence-corrected chi connectivity index (χ2v) is 10.2. The van der Waals surface area contributed by atoms with Crippen LogP contribution in [0.4, 0.5) is 0 Å². The number of nitrogens with zero attached hydrogens (tertiary/aromatic N) is 2. The molecule has 1 aromatic heterocycles. The third-order valence-electron chi connectivity index (χ3n) is 4.84. The van der Waals surface area contributed by atoms with Gasteiger partial charge in [-0.2, -0.15) is 4.31 Å². The Hall–Kier alpha value is -2.13. The zero-order valence-corrected chi connectivity index (χ0v) is 20.0. The largest absolute Gasteiger partial charge is 0.497 e. The van der Waals surface area contributed by atoms with Crippen LogP contribution in [0.25, 0.3) is 0 Å². The van der Waals surface area contributed by atoms with E-state index in [1.54, 1.807) is 55.6 Å². The lowest BCUT2D eigenvalue weighted by atomic mass is 10.2. The minimum Gasteiger partial charge on any atom is -0.497 e. The number of methoxy groups -OCH3 is 1.